The van der Waals surface area contributed by atoms with Crippen molar-refractivity contribution < 1.29 is 8.42 Å². The van der Waals surface area contributed by atoms with E-state index in [1.54, 1.807) is 24.6 Å². The van der Waals surface area contributed by atoms with Gasteiger partial charge in [0.2, 0.25) is 0 Å². The largest absolute Gasteiger partial charge is 0.374 e. The van der Waals surface area contributed by atoms with Gasteiger partial charge in [0.1, 0.15) is 4.21 Å². The molecular weight excluding hydrogens is 448 g/mol. The van der Waals surface area contributed by atoms with Gasteiger partial charge in [0.15, 0.2) is 0 Å². The number of hydrogen-bond donors (Lipinski definition) is 1. The highest BCUT2D eigenvalue weighted by molar-refractivity contribution is 8.15. The summed E-state index contributed by atoms with van der Waals surface area (Å²) in [6.45, 7) is 6.56. The topological polar surface area (TPSA) is 65.0 Å². The number of para-hydroxylation sites is 1. The lowest BCUT2D eigenvalue weighted by Gasteiger charge is -2.37. The summed E-state index contributed by atoms with van der Waals surface area (Å²) in [6, 6.07) is 9.47. The maximum absolute atomic E-state index is 13.1. The smallest absolute Gasteiger partial charge is 0.273 e. The summed E-state index contributed by atoms with van der Waals surface area (Å²) in [6.07, 6.45) is 3.22. The van der Waals surface area contributed by atoms with Gasteiger partial charge in [-0.1, -0.05) is 25.1 Å². The third-order valence-corrected chi connectivity index (χ3v) is 11.4. The van der Waals surface area contributed by atoms with Gasteiger partial charge < -0.3 is 10.2 Å². The highest BCUT2D eigenvalue weighted by Crippen LogP contribution is 2.45. The number of hydrogen-bond acceptors (Lipinski definition) is 7. The molecule has 2 aromatic rings. The molecule has 1 atom stereocenters. The second-order valence-corrected chi connectivity index (χ2v) is 13.1. The summed E-state index contributed by atoms with van der Waals surface area (Å²) < 4.78 is 28.1. The lowest BCUT2D eigenvalue weighted by atomic mass is 9.96. The number of thioether (sulfide) groups is 1. The second-order valence-electron chi connectivity index (χ2n) is 8.49. The highest BCUT2D eigenvalue weighted by Gasteiger charge is 2.43. The van der Waals surface area contributed by atoms with E-state index in [4.69, 9.17) is 4.99 Å². The van der Waals surface area contributed by atoms with E-state index < -0.39 is 10.0 Å². The molecule has 0 radical (unpaired) electrons. The number of fused-ring (bicyclic) bond motifs is 1. The van der Waals surface area contributed by atoms with E-state index in [9.17, 15) is 8.42 Å². The van der Waals surface area contributed by atoms with Gasteiger partial charge in [-0.3, -0.25) is 9.30 Å². The quantitative estimate of drug-likeness (QED) is 0.709. The second kappa shape index (κ2) is 8.10. The molecular formula is C22H28N4O2S3. The number of piperidine rings is 1. The van der Waals surface area contributed by atoms with Gasteiger partial charge in [-0.2, -0.15) is 0 Å². The SMILES string of the molecule is CCN1CCC2(CC1)CN=C(C1Cc3cccc(N(C)S(=O)(=O)c4cccs4)c3N1)S2. The fourth-order valence-electron chi connectivity index (χ4n) is 4.68. The van der Waals surface area contributed by atoms with Crippen LogP contribution in [0.3, 0.4) is 0 Å². The molecule has 5 rings (SSSR count). The van der Waals surface area contributed by atoms with Crippen molar-refractivity contribution in [2.24, 2.45) is 4.99 Å². The fourth-order valence-corrected chi connectivity index (χ4v) is 8.42. The minimum atomic E-state index is -3.57. The van der Waals surface area contributed by atoms with Crippen LogP contribution in [0.25, 0.3) is 0 Å². The van der Waals surface area contributed by atoms with Gasteiger partial charge in [-0.15, -0.1) is 23.1 Å². The van der Waals surface area contributed by atoms with Crippen LogP contribution in [0.2, 0.25) is 0 Å². The fraction of sp³-hybridized carbons (Fsp3) is 0.500. The van der Waals surface area contributed by atoms with Crippen LogP contribution in [0.15, 0.2) is 44.9 Å². The van der Waals surface area contributed by atoms with Crippen molar-refractivity contribution in [3.8, 4) is 0 Å². The van der Waals surface area contributed by atoms with Crippen LogP contribution in [0, 0.1) is 0 Å². The molecule has 31 heavy (non-hydrogen) atoms. The number of nitrogens with one attached hydrogen (secondary N) is 1. The van der Waals surface area contributed by atoms with Crippen LogP contribution in [0.4, 0.5) is 11.4 Å². The summed E-state index contributed by atoms with van der Waals surface area (Å²) in [5.41, 5.74) is 2.77. The molecule has 0 bridgehead atoms. The lowest BCUT2D eigenvalue weighted by molar-refractivity contribution is 0.213. The summed E-state index contributed by atoms with van der Waals surface area (Å²) >= 11 is 3.21. The van der Waals surface area contributed by atoms with E-state index in [0.717, 1.165) is 43.9 Å². The Morgan fingerprint density at radius 2 is 2.06 bits per heavy atom. The molecule has 0 aliphatic carbocycles. The molecule has 1 spiro atoms. The Bertz CT molecular complexity index is 1090. The zero-order valence-electron chi connectivity index (χ0n) is 17.9. The van der Waals surface area contributed by atoms with E-state index in [0.29, 0.717) is 9.90 Å². The molecule has 9 heteroatoms. The van der Waals surface area contributed by atoms with Crippen molar-refractivity contribution in [3.05, 3.63) is 41.3 Å². The molecule has 1 unspecified atom stereocenters. The first-order valence-corrected chi connectivity index (χ1v) is 13.9. The predicted molar refractivity (Wildman–Crippen MR) is 131 cm³/mol. The van der Waals surface area contributed by atoms with Crippen LogP contribution in [-0.2, 0) is 16.4 Å². The van der Waals surface area contributed by atoms with Crippen molar-refractivity contribution >= 4 is 49.5 Å². The Labute approximate surface area is 192 Å². The zero-order valence-corrected chi connectivity index (χ0v) is 20.3. The van der Waals surface area contributed by atoms with Crippen LogP contribution in [-0.4, -0.2) is 62.4 Å². The molecule has 1 fully saturated rings. The van der Waals surface area contributed by atoms with E-state index >= 15 is 0 Å². The van der Waals surface area contributed by atoms with Crippen molar-refractivity contribution in [1.82, 2.24) is 4.90 Å². The van der Waals surface area contributed by atoms with E-state index in [-0.39, 0.29) is 10.8 Å². The Balaban J connectivity index is 1.33. The maximum atomic E-state index is 13.1. The molecule has 166 valence electrons. The molecule has 3 aliphatic heterocycles. The molecule has 3 aliphatic rings. The summed E-state index contributed by atoms with van der Waals surface area (Å²) in [5, 5.41) is 6.59. The van der Waals surface area contributed by atoms with E-state index in [2.05, 4.69) is 23.2 Å². The number of benzene rings is 1. The Kier molecular flexibility index (Phi) is 5.57. The zero-order chi connectivity index (χ0) is 21.6. The number of nitrogens with zero attached hydrogens (tertiary/aromatic N) is 3. The lowest BCUT2D eigenvalue weighted by Crippen LogP contribution is -2.43. The van der Waals surface area contributed by atoms with Crippen molar-refractivity contribution in [1.29, 1.82) is 0 Å². The van der Waals surface area contributed by atoms with Crippen molar-refractivity contribution in [2.75, 3.05) is 42.8 Å². The average molecular weight is 477 g/mol. The number of likely N-dealkylation sites (tertiary alicyclic amines) is 1. The first-order valence-electron chi connectivity index (χ1n) is 10.8. The van der Waals surface area contributed by atoms with Gasteiger partial charge in [0.05, 0.1) is 29.0 Å². The number of thiophene rings is 1. The highest BCUT2D eigenvalue weighted by atomic mass is 32.2. The van der Waals surface area contributed by atoms with Gasteiger partial charge in [-0.25, -0.2) is 8.42 Å². The van der Waals surface area contributed by atoms with Crippen LogP contribution in [0.5, 0.6) is 0 Å². The maximum Gasteiger partial charge on any atom is 0.273 e. The van der Waals surface area contributed by atoms with Gasteiger partial charge in [0.25, 0.3) is 10.0 Å². The third kappa shape index (κ3) is 3.79. The normalized spacial score (nSPS) is 22.9. The van der Waals surface area contributed by atoms with Crippen LogP contribution in [0.1, 0.15) is 25.3 Å². The number of aliphatic imine (C=N–C) groups is 1. The molecule has 0 saturated carbocycles. The van der Waals surface area contributed by atoms with Gasteiger partial charge >= 0.3 is 0 Å². The third-order valence-electron chi connectivity index (χ3n) is 6.68. The molecule has 1 saturated heterocycles. The summed E-state index contributed by atoms with van der Waals surface area (Å²) in [4.78, 5) is 7.48. The molecule has 6 nitrogen and oxygen atoms in total. The number of sulfonamides is 1. The van der Waals surface area contributed by atoms with Crippen LogP contribution < -0.4 is 9.62 Å². The Hall–Kier alpha value is -1.55. The van der Waals surface area contributed by atoms with Crippen molar-refractivity contribution in [2.45, 2.75) is 41.2 Å². The molecule has 4 heterocycles. The first kappa shape index (κ1) is 21.3. The number of rotatable bonds is 5. The van der Waals surface area contributed by atoms with E-state index in [1.807, 2.05) is 23.9 Å². The van der Waals surface area contributed by atoms with Gasteiger partial charge in [0, 0.05) is 18.2 Å². The Morgan fingerprint density at radius 1 is 1.26 bits per heavy atom. The monoisotopic (exact) mass is 476 g/mol. The average Bonchev–Trinajstić information content (AvgIpc) is 3.53. The van der Waals surface area contributed by atoms with E-state index in [1.165, 1.54) is 33.5 Å². The summed E-state index contributed by atoms with van der Waals surface area (Å²) in [7, 11) is -1.93. The summed E-state index contributed by atoms with van der Waals surface area (Å²) in [5.74, 6) is 0. The number of anilines is 2. The van der Waals surface area contributed by atoms with Crippen LogP contribution >= 0.6 is 23.1 Å². The predicted octanol–water partition coefficient (Wildman–Crippen LogP) is 3.91. The van der Waals surface area contributed by atoms with Crippen molar-refractivity contribution in [3.63, 3.8) is 0 Å². The first-order chi connectivity index (χ1) is 14.9. The molecule has 1 aromatic carbocycles. The minimum Gasteiger partial charge on any atom is -0.374 e. The minimum absolute atomic E-state index is 0.127. The molecule has 1 aromatic heterocycles. The Morgan fingerprint density at radius 3 is 2.77 bits per heavy atom. The van der Waals surface area contributed by atoms with Gasteiger partial charge in [-0.05, 0) is 55.6 Å². The molecule has 1 N–H and O–H groups in total. The standard InChI is InChI=1S/C22H28N4O2S3/c1-3-26-11-9-22(10-12-26)15-23-21(30-22)17-14-16-6-4-7-18(20(16)24-17)25(2)31(27,28)19-8-5-13-29-19/h4-8,13,17,24H,3,9-12,14-15H2,1-2H3. The molecule has 0 amide bonds.